The fourth-order valence-electron chi connectivity index (χ4n) is 14.7. The predicted molar refractivity (Wildman–Crippen MR) is 426 cm³/mol. The molecule has 2 saturated heterocycles. The van der Waals surface area contributed by atoms with Crippen molar-refractivity contribution in [3.05, 3.63) is 176 Å². The lowest BCUT2D eigenvalue weighted by molar-refractivity contribution is -0.334. The molecule has 0 radical (unpaired) electrons. The van der Waals surface area contributed by atoms with Gasteiger partial charge in [0.25, 0.3) is 0 Å². The molecule has 7 heterocycles. The van der Waals surface area contributed by atoms with Crippen LogP contribution in [-0.2, 0) is 73.4 Å². The Morgan fingerprint density at radius 1 is 0.669 bits per heavy atom. The first-order valence-electron chi connectivity index (χ1n) is 38.0. The molecule has 7 aromatic rings. The van der Waals surface area contributed by atoms with Crippen molar-refractivity contribution in [2.24, 2.45) is 17.4 Å². The molecule has 7 aliphatic rings. The van der Waals surface area contributed by atoms with Crippen molar-refractivity contribution >= 4 is 88.1 Å². The molecule has 0 saturated carbocycles. The van der Waals surface area contributed by atoms with E-state index in [0.717, 1.165) is 91.0 Å². The van der Waals surface area contributed by atoms with Gasteiger partial charge in [0.05, 0.1) is 55.0 Å². The average molecular weight is 1740 g/mol. The highest BCUT2D eigenvalue weighted by Crippen LogP contribution is 2.50. The van der Waals surface area contributed by atoms with E-state index < -0.39 is 260 Å². The number of methoxy groups -OCH3 is 1. The fraction of sp³-hybridized carbons (Fsp3) is 0.378. The van der Waals surface area contributed by atoms with Crippen molar-refractivity contribution < 1.29 is 132 Å². The minimum Gasteiger partial charge on any atom is -0.508 e. The molecule has 7 aliphatic heterocycles. The fourth-order valence-corrected chi connectivity index (χ4v) is 15.3. The van der Waals surface area contributed by atoms with E-state index in [2.05, 4.69) is 37.2 Å². The van der Waals surface area contributed by atoms with Gasteiger partial charge in [0.2, 0.25) is 53.4 Å². The molecule has 21 N–H and O–H groups in total. The molecule has 7 amide bonds. The number of carboxylic acid groups (broad SMARTS) is 1. The van der Waals surface area contributed by atoms with Crippen molar-refractivity contribution in [2.45, 2.75) is 169 Å². The van der Waals surface area contributed by atoms with Gasteiger partial charge in [0, 0.05) is 46.3 Å². The number of esters is 1. The topological polar surface area (TPSA) is 566 Å². The van der Waals surface area contributed by atoms with Gasteiger partial charge in [-0.1, -0.05) is 103 Å². The molecule has 0 aliphatic carbocycles. The third kappa shape index (κ3) is 20.0. The van der Waals surface area contributed by atoms with Gasteiger partial charge in [0.1, 0.15) is 89.5 Å². The quantitative estimate of drug-likeness (QED) is 0.0485. The number of carbonyl (C=O) groups excluding carboxylic acids is 8. The van der Waals surface area contributed by atoms with Gasteiger partial charge < -0.3 is 138 Å². The monoisotopic (exact) mass is 1740 g/mol. The van der Waals surface area contributed by atoms with Gasteiger partial charge in [-0.15, -0.1) is 0 Å². The Hall–Kier alpha value is -11.0. The minimum atomic E-state index is -2.40. The number of fused-ring (bicyclic) bond motifs is 15. The molecule has 36 nitrogen and oxygen atoms in total. The summed E-state index contributed by atoms with van der Waals surface area (Å²) in [6.07, 6.45) is -21.2. The zero-order chi connectivity index (χ0) is 87.5. The van der Waals surface area contributed by atoms with Crippen molar-refractivity contribution in [3.63, 3.8) is 0 Å². The zero-order valence-corrected chi connectivity index (χ0v) is 67.3. The smallest absolute Gasteiger partial charge is 0.336 e. The summed E-state index contributed by atoms with van der Waals surface area (Å²) in [4.78, 5) is 131. The maximum Gasteiger partial charge on any atom is 0.336 e. The molecule has 121 heavy (non-hydrogen) atoms. The molecule has 13 unspecified atom stereocenters. The first-order valence-corrected chi connectivity index (χ1v) is 39.1. The number of aromatic hydroxyl groups is 3. The number of amides is 7. The van der Waals surface area contributed by atoms with Crippen LogP contribution >= 0.6 is 34.8 Å². The molecule has 39 heteroatoms. The lowest BCUT2D eigenvalue weighted by Gasteiger charge is -2.48. The zero-order valence-electron chi connectivity index (χ0n) is 65.0. The highest BCUT2D eigenvalue weighted by Gasteiger charge is 2.53. The number of nitrogens with two attached hydrogens (primary N) is 2. The Morgan fingerprint density at radius 2 is 1.27 bits per heavy atom. The SMILES string of the molecule is COC(=O)C(CNC1(C)CC(OC2C(Oc3c4cc5cc3Oc3ccc(cc3Cl)[C@@H](O)[C@@H]3NC(=O)C(NC(=O)[C@@H]5NC(=O)C(CC(N)=O)NC(=O)C(NC(=O)[C@H](N)CC(C)C)[C@H](O)c5ccc(c(Cl)c5)O4)c4ccc(O)c(c4)-c4c(O)cc(O)cc4[C@H](C(=O)O)NC3=O)OC(CO)C(O)C2O)OC(C)C1O)OCc1ccc(-c2ccc(Cl)cc2)cc1. The summed E-state index contributed by atoms with van der Waals surface area (Å²) in [7, 11) is 1.16. The van der Waals surface area contributed by atoms with Crippen LogP contribution < -0.4 is 62.9 Å². The lowest BCUT2D eigenvalue weighted by Crippen LogP contribution is -2.66. The van der Waals surface area contributed by atoms with E-state index in [9.17, 15) is 79.8 Å². The number of phenols is 3. The third-order valence-electron chi connectivity index (χ3n) is 21.2. The second-order valence-electron chi connectivity index (χ2n) is 30.3. The number of hydrogen-bond donors (Lipinski definition) is 19. The number of benzene rings is 7. The molecule has 0 aromatic heterocycles. The van der Waals surface area contributed by atoms with Crippen LogP contribution in [0.15, 0.2) is 127 Å². The standard InChI is InChI=1S/C82H88Cl3N9O27/c1-33(2)20-48(86)73(105)93-64-66(100)39-13-18-52(46(84)22-39)117-54-24-41-25-55(70(54)121-81-71(69(103)68(102)57(31-95)119-81)120-59-29-82(4,72(104)34(3)116-59)88-30-56(80(113)114-5)115-32-35-6-8-36(9-7-35)37-10-15-42(83)16-11-37)118-53-19-14-40(23-47(53)85)67(101)65-78(110)92-63(79(111)112)45-26-43(96)27-51(98)60(45)44-21-38(12-17-50(44)97)61(75(107)94-65)91-76(108)62(41)90-74(106)49(28-58(87)99)89-77(64)109/h6-19,21-27,33-34,48-49,56-57,59,61-69,71-72,81,88,95-98,100-104H,20,28-32,86H2,1-5H3,(H2,87,99)(H,89,109)(H,90,106)(H,91,108)(H,92,110)(H,93,105)(H,94,107)(H,111,112)/t34?,48-,49?,56?,57?,59?,61?,62-,63-,64?,65+,66-,67-,68?,69?,71?,72?,81?,82?/m1/s1. The van der Waals surface area contributed by atoms with Gasteiger partial charge in [-0.2, -0.15) is 0 Å². The number of phenolic OH excluding ortho intramolecular Hbond substituents is 3. The van der Waals surface area contributed by atoms with Crippen LogP contribution in [0.5, 0.6) is 46.0 Å². The molecule has 7 aromatic carbocycles. The molecule has 11 bridgehead atoms. The summed E-state index contributed by atoms with van der Waals surface area (Å²) >= 11 is 20.4. The number of carbonyl (C=O) groups is 9. The molecule has 19 atom stereocenters. The maximum atomic E-state index is 16.2. The number of primary amides is 1. The minimum absolute atomic E-state index is 0.0537. The van der Waals surface area contributed by atoms with Crippen molar-refractivity contribution in [3.8, 4) is 68.2 Å². The maximum absolute atomic E-state index is 16.2. The van der Waals surface area contributed by atoms with E-state index >= 15 is 14.4 Å². The number of aliphatic carboxylic acids is 1. The van der Waals surface area contributed by atoms with Crippen LogP contribution in [-0.4, -0.2) is 210 Å². The van der Waals surface area contributed by atoms with E-state index in [-0.39, 0.29) is 48.6 Å². The van der Waals surface area contributed by atoms with E-state index in [1.807, 2.05) is 36.4 Å². The first-order chi connectivity index (χ1) is 57.4. The van der Waals surface area contributed by atoms with Crippen LogP contribution in [0.25, 0.3) is 22.3 Å². The number of ether oxygens (including phenoxy) is 8. The van der Waals surface area contributed by atoms with Crippen LogP contribution in [0.1, 0.15) is 111 Å². The van der Waals surface area contributed by atoms with E-state index in [1.54, 1.807) is 32.9 Å². The number of aliphatic hydroxyl groups excluding tert-OH is 6. The highest BCUT2D eigenvalue weighted by atomic mass is 35.5. The highest BCUT2D eigenvalue weighted by molar-refractivity contribution is 6.32. The first kappa shape index (κ1) is 89.2. The normalized spacial score (nSPS) is 26.7. The average Bonchev–Trinajstić information content (AvgIpc) is 0.765. The molecule has 14 rings (SSSR count). The Kier molecular flexibility index (Phi) is 27.7. The Bertz CT molecular complexity index is 5110. The lowest BCUT2D eigenvalue weighted by atomic mass is 9.84. The van der Waals surface area contributed by atoms with Gasteiger partial charge in [-0.3, -0.25) is 33.6 Å². The third-order valence-corrected chi connectivity index (χ3v) is 22.0. The largest absolute Gasteiger partial charge is 0.508 e. The van der Waals surface area contributed by atoms with Crippen LogP contribution in [0.3, 0.4) is 0 Å². The van der Waals surface area contributed by atoms with Crippen molar-refractivity contribution in [1.29, 1.82) is 0 Å². The van der Waals surface area contributed by atoms with Crippen molar-refractivity contribution in [2.75, 3.05) is 20.3 Å². The summed E-state index contributed by atoms with van der Waals surface area (Å²) in [6, 6.07) is 13.0. The molecule has 2 fully saturated rings. The summed E-state index contributed by atoms with van der Waals surface area (Å²) in [5.41, 5.74) is 9.96. The van der Waals surface area contributed by atoms with Gasteiger partial charge in [-0.25, -0.2) is 9.59 Å². The number of hydrogen-bond acceptors (Lipinski definition) is 28. The van der Waals surface area contributed by atoms with Gasteiger partial charge in [-0.05, 0) is 132 Å². The number of rotatable bonds is 20. The van der Waals surface area contributed by atoms with Crippen LogP contribution in [0.4, 0.5) is 0 Å². The molecular weight excluding hydrogens is 1650 g/mol. The molecule has 644 valence electrons. The van der Waals surface area contributed by atoms with E-state index in [1.165, 1.54) is 13.0 Å². The Labute approximate surface area is 704 Å². The van der Waals surface area contributed by atoms with Gasteiger partial charge >= 0.3 is 11.9 Å². The molecule has 0 spiro atoms. The van der Waals surface area contributed by atoms with Gasteiger partial charge in [0.15, 0.2) is 36.0 Å². The Balaban J connectivity index is 1.01. The molecular formula is C82H88Cl3N9O27. The second-order valence-corrected chi connectivity index (χ2v) is 31.5. The van der Waals surface area contributed by atoms with Crippen LogP contribution in [0, 0.1) is 5.92 Å². The van der Waals surface area contributed by atoms with E-state index in [4.69, 9.17) is 84.2 Å². The predicted octanol–water partition coefficient (Wildman–Crippen LogP) is 3.56. The number of nitrogens with one attached hydrogen (secondary N) is 7. The summed E-state index contributed by atoms with van der Waals surface area (Å²) in [5.74, 6) is -17.6. The summed E-state index contributed by atoms with van der Waals surface area (Å²) in [5, 5.41) is 134. The summed E-state index contributed by atoms with van der Waals surface area (Å²) < 4.78 is 50.6. The summed E-state index contributed by atoms with van der Waals surface area (Å²) in [6.45, 7) is 5.17. The number of halogens is 3. The second kappa shape index (κ2) is 37.5. The van der Waals surface area contributed by atoms with Crippen LogP contribution in [0.2, 0.25) is 15.1 Å². The Morgan fingerprint density at radius 3 is 1.88 bits per heavy atom. The van der Waals surface area contributed by atoms with E-state index in [0.29, 0.717) is 10.6 Å². The number of carboxylic acids is 1. The van der Waals surface area contributed by atoms with Crippen molar-refractivity contribution in [1.82, 2.24) is 37.2 Å². The number of aliphatic hydroxyl groups is 6.